The molecule has 0 N–H and O–H groups in total. The zero-order valence-electron chi connectivity index (χ0n) is 51.9. The summed E-state index contributed by atoms with van der Waals surface area (Å²) in [5, 5.41) is 0. The Bertz CT molecular complexity index is 2040. The smallest absolute Gasteiger partial charge is 0.364 e. The van der Waals surface area contributed by atoms with Gasteiger partial charge >= 0.3 is 17.9 Å². The van der Waals surface area contributed by atoms with Crippen LogP contribution in [0.15, 0.2) is 0 Å². The van der Waals surface area contributed by atoms with Gasteiger partial charge in [-0.1, -0.05) is 145 Å². The Morgan fingerprint density at radius 1 is 0.487 bits per heavy atom. The lowest BCUT2D eigenvalue weighted by Gasteiger charge is -2.38. The molecule has 0 radical (unpaired) electrons. The molecule has 0 saturated carbocycles. The number of carbonyl (C=O) groups excluding carboxylic acids is 3. The summed E-state index contributed by atoms with van der Waals surface area (Å²) >= 11 is 0. The maximum Gasteiger partial charge on any atom is 0.364 e. The molecule has 2 aromatic carbocycles. The molecule has 0 unspecified atom stereocenters. The van der Waals surface area contributed by atoms with Crippen molar-refractivity contribution in [3.05, 3.63) is 44.5 Å². The van der Waals surface area contributed by atoms with Crippen LogP contribution in [0.4, 0.5) is 0 Å². The third-order valence-electron chi connectivity index (χ3n) is 17.7. The molecule has 2 aliphatic heterocycles. The van der Waals surface area contributed by atoms with E-state index in [1.807, 2.05) is 60.5 Å². The van der Waals surface area contributed by atoms with Crippen molar-refractivity contribution in [3.8, 4) is 23.0 Å². The Hall–Kier alpha value is -3.59. The normalized spacial score (nSPS) is 19.0. The summed E-state index contributed by atoms with van der Waals surface area (Å²) < 4.78 is 32.0. The fourth-order valence-corrected chi connectivity index (χ4v) is 12.1. The van der Waals surface area contributed by atoms with Gasteiger partial charge in [-0.3, -0.25) is 4.79 Å². The van der Waals surface area contributed by atoms with Crippen molar-refractivity contribution >= 4 is 17.9 Å². The summed E-state index contributed by atoms with van der Waals surface area (Å²) in [5.41, 5.74) is 6.29. The van der Waals surface area contributed by atoms with Gasteiger partial charge in [0.25, 0.3) is 6.10 Å². The van der Waals surface area contributed by atoms with E-state index in [9.17, 15) is 14.4 Å². The number of rotatable bonds is 33. The van der Waals surface area contributed by atoms with Gasteiger partial charge in [0.15, 0.2) is 0 Å². The summed E-state index contributed by atoms with van der Waals surface area (Å²) in [5.74, 6) is 4.39. The highest BCUT2D eigenvalue weighted by molar-refractivity contribution is 6.01. The molecule has 0 saturated heterocycles. The van der Waals surface area contributed by atoms with Crippen molar-refractivity contribution in [1.29, 1.82) is 0 Å². The topological polar surface area (TPSA) is 101 Å². The third kappa shape index (κ3) is 19.9. The minimum atomic E-state index is -1.93. The van der Waals surface area contributed by atoms with Crippen molar-refractivity contribution in [1.82, 2.24) is 4.90 Å². The first-order valence-electron chi connectivity index (χ1n) is 30.6. The molecular formula is C67H111NO8. The van der Waals surface area contributed by atoms with E-state index in [-0.39, 0.29) is 17.6 Å². The highest BCUT2D eigenvalue weighted by atomic mass is 16.6. The van der Waals surface area contributed by atoms with Gasteiger partial charge in [0.2, 0.25) is 0 Å². The summed E-state index contributed by atoms with van der Waals surface area (Å²) in [6.45, 7) is 35.8. The van der Waals surface area contributed by atoms with Crippen LogP contribution in [0.25, 0.3) is 0 Å². The predicted octanol–water partition coefficient (Wildman–Crippen LogP) is 17.3. The molecule has 4 rings (SSSR count). The lowest BCUT2D eigenvalue weighted by Crippen LogP contribution is -2.41. The molecule has 6 atom stereocenters. The first kappa shape index (κ1) is 64.9. The summed E-state index contributed by atoms with van der Waals surface area (Å²) in [4.78, 5) is 44.2. The standard InChI is InChI=1S/C67H111NO8/c1-44(2)26-19-28-46(5)30-21-32-48(7)34-23-39-66(15)41-37-56-54(13)59(50(9)52(11)61(56)75-66)73-64(70)63(72-58(69)36-25-43-68(17)18)65(71)74-60-51(10)53(12)62-57(55(60)14)38-42-67(16,76-62)40-24-35-49(8)33-22-31-47(6)29-20-27-45(3)4/h44-49,63H,19-43H2,1-18H3/t46-,47-,48-,49-,66-,67-/m1/s1. The van der Waals surface area contributed by atoms with Crippen molar-refractivity contribution in [3.63, 3.8) is 0 Å². The minimum Gasteiger partial charge on any atom is -0.487 e. The first-order chi connectivity index (χ1) is 35.7. The zero-order chi connectivity index (χ0) is 56.5. The average Bonchev–Trinajstić information content (AvgIpc) is 3.33. The van der Waals surface area contributed by atoms with E-state index in [2.05, 4.69) is 69.2 Å². The van der Waals surface area contributed by atoms with Gasteiger partial charge in [0.1, 0.15) is 34.2 Å². The molecule has 0 bridgehead atoms. The van der Waals surface area contributed by atoms with Gasteiger partial charge in [-0.05, 0) is 203 Å². The van der Waals surface area contributed by atoms with Crippen LogP contribution in [0.1, 0.15) is 255 Å². The number of carbonyl (C=O) groups is 3. The number of esters is 3. The Morgan fingerprint density at radius 2 is 0.829 bits per heavy atom. The molecule has 0 amide bonds. The lowest BCUT2D eigenvalue weighted by molar-refractivity contribution is -0.172. The van der Waals surface area contributed by atoms with E-state index in [1.54, 1.807) is 0 Å². The molecule has 76 heavy (non-hydrogen) atoms. The van der Waals surface area contributed by atoms with Crippen LogP contribution in [0.5, 0.6) is 23.0 Å². The molecule has 432 valence electrons. The van der Waals surface area contributed by atoms with E-state index in [4.69, 9.17) is 23.7 Å². The van der Waals surface area contributed by atoms with Gasteiger partial charge in [-0.25, -0.2) is 9.59 Å². The molecule has 2 aromatic rings. The molecule has 0 aliphatic carbocycles. The number of fused-ring (bicyclic) bond motifs is 2. The zero-order valence-corrected chi connectivity index (χ0v) is 51.9. The summed E-state index contributed by atoms with van der Waals surface area (Å²) in [6, 6.07) is 0. The van der Waals surface area contributed by atoms with Gasteiger partial charge < -0.3 is 28.6 Å². The monoisotopic (exact) mass is 1060 g/mol. The second-order valence-corrected chi connectivity index (χ2v) is 26.5. The molecule has 9 nitrogen and oxygen atoms in total. The van der Waals surface area contributed by atoms with Gasteiger partial charge in [-0.2, -0.15) is 0 Å². The van der Waals surface area contributed by atoms with E-state index >= 15 is 0 Å². The van der Waals surface area contributed by atoms with Crippen LogP contribution in [0.3, 0.4) is 0 Å². The number of hydrogen-bond donors (Lipinski definition) is 0. The highest BCUT2D eigenvalue weighted by Crippen LogP contribution is 2.47. The molecule has 0 aromatic heterocycles. The van der Waals surface area contributed by atoms with Gasteiger partial charge in [-0.15, -0.1) is 0 Å². The molecule has 0 fully saturated rings. The fraction of sp³-hybridized carbons (Fsp3) is 0.776. The Kier molecular flexibility index (Phi) is 26.2. The lowest BCUT2D eigenvalue weighted by atomic mass is 9.83. The second-order valence-electron chi connectivity index (χ2n) is 26.5. The SMILES string of the molecule is Cc1c(C)c2c(c(C)c1OC(=O)C(OC(=O)CCCN(C)C)C(=O)Oc1c(C)c(C)c3c(c1C)CC[C@@](C)(CCC[C@H](C)CCC[C@H](C)CCCC(C)C)O3)CC[C@@](C)(CCC[C@H](C)CCC[C@H](C)CCCC(C)C)O2. The minimum absolute atomic E-state index is 0.0290. The number of ether oxygens (including phenoxy) is 5. The highest BCUT2D eigenvalue weighted by Gasteiger charge is 2.40. The Balaban J connectivity index is 1.43. The van der Waals surface area contributed by atoms with Crippen LogP contribution in [-0.2, 0) is 32.0 Å². The van der Waals surface area contributed by atoms with Crippen LogP contribution in [0, 0.1) is 77.0 Å². The maximum atomic E-state index is 14.4. The molecular weight excluding hydrogens is 947 g/mol. The number of hydrogen-bond acceptors (Lipinski definition) is 9. The fourth-order valence-electron chi connectivity index (χ4n) is 12.1. The largest absolute Gasteiger partial charge is 0.487 e. The van der Waals surface area contributed by atoms with Gasteiger partial charge in [0, 0.05) is 17.5 Å². The maximum absolute atomic E-state index is 14.4. The van der Waals surface area contributed by atoms with Crippen LogP contribution in [-0.4, -0.2) is 60.8 Å². The van der Waals surface area contributed by atoms with E-state index < -0.39 is 24.0 Å². The third-order valence-corrected chi connectivity index (χ3v) is 17.7. The van der Waals surface area contributed by atoms with Crippen molar-refractivity contribution in [2.45, 2.75) is 282 Å². The van der Waals surface area contributed by atoms with Crippen LogP contribution < -0.4 is 18.9 Å². The quantitative estimate of drug-likeness (QED) is 0.0393. The number of nitrogens with zero attached hydrogens (tertiary/aromatic N) is 1. The molecule has 9 heteroatoms. The van der Waals surface area contributed by atoms with Gasteiger partial charge in [0.05, 0.1) is 0 Å². The summed E-state index contributed by atoms with van der Waals surface area (Å²) in [6.07, 6.45) is 24.3. The summed E-state index contributed by atoms with van der Waals surface area (Å²) in [7, 11) is 3.86. The first-order valence-corrected chi connectivity index (χ1v) is 30.6. The van der Waals surface area contributed by atoms with E-state index in [1.165, 1.54) is 89.9 Å². The van der Waals surface area contributed by atoms with Crippen molar-refractivity contribution < 1.29 is 38.1 Å². The molecule has 2 aliphatic rings. The second kappa shape index (κ2) is 30.7. The van der Waals surface area contributed by atoms with E-state index in [0.29, 0.717) is 36.3 Å². The molecule has 0 spiro atoms. The predicted molar refractivity (Wildman–Crippen MR) is 314 cm³/mol. The van der Waals surface area contributed by atoms with E-state index in [0.717, 1.165) is 131 Å². The Labute approximate surface area is 464 Å². The Morgan fingerprint density at radius 3 is 1.17 bits per heavy atom. The van der Waals surface area contributed by atoms with Crippen molar-refractivity contribution in [2.75, 3.05) is 20.6 Å². The van der Waals surface area contributed by atoms with Crippen molar-refractivity contribution in [2.24, 2.45) is 35.5 Å². The van der Waals surface area contributed by atoms with Crippen LogP contribution >= 0.6 is 0 Å². The number of benzene rings is 2. The molecule has 2 heterocycles. The van der Waals surface area contributed by atoms with Crippen LogP contribution in [0.2, 0.25) is 0 Å². The average molecular weight is 1060 g/mol.